The highest BCUT2D eigenvalue weighted by Crippen LogP contribution is 2.07. The summed E-state index contributed by atoms with van der Waals surface area (Å²) < 4.78 is 29.7. The molecule has 0 rings (SSSR count). The van der Waals surface area contributed by atoms with Crippen LogP contribution in [-0.4, -0.2) is 55.9 Å². The molecule has 0 aromatic heterocycles. The van der Waals surface area contributed by atoms with Crippen LogP contribution in [0.5, 0.6) is 0 Å². The molecule has 0 saturated heterocycles. The van der Waals surface area contributed by atoms with Gasteiger partial charge >= 0.3 is 6.09 Å². The maximum absolute atomic E-state index is 12.4. The van der Waals surface area contributed by atoms with Crippen molar-refractivity contribution in [1.29, 1.82) is 0 Å². The number of alkyl halides is 2. The van der Waals surface area contributed by atoms with Gasteiger partial charge in [-0.05, 0) is 18.3 Å². The third-order valence-corrected chi connectivity index (χ3v) is 3.22. The van der Waals surface area contributed by atoms with E-state index in [0.29, 0.717) is 0 Å². The fourth-order valence-electron chi connectivity index (χ4n) is 2.02. The smallest absolute Gasteiger partial charge is 0.407 e. The van der Waals surface area contributed by atoms with Gasteiger partial charge in [-0.3, -0.25) is 9.59 Å². The van der Waals surface area contributed by atoms with E-state index >= 15 is 0 Å². The molecule has 8 nitrogen and oxygen atoms in total. The number of aldehydes is 1. The van der Waals surface area contributed by atoms with Crippen molar-refractivity contribution in [2.75, 3.05) is 13.2 Å². The fraction of sp³-hybridized carbons (Fsp3) is 0.765. The highest BCUT2D eigenvalue weighted by atomic mass is 19.3. The molecule has 0 aromatic carbocycles. The first kappa shape index (κ1) is 24.7. The standard InChI is InChI=1S/C17H29F2N3O5/c1-10(2)5-13(16(25)21-12(8-23)6-14(18)19)22-15(24)7-20-17(26)27-9-11(3)4/h8,10-14H,5-7,9H2,1-4H3,(H,20,26)(H,21,25)(H,22,24)/t12?,13-/m0/s1. The molecule has 0 aliphatic carbocycles. The molecule has 0 fully saturated rings. The predicted octanol–water partition coefficient (Wildman–Crippen LogP) is 1.24. The maximum Gasteiger partial charge on any atom is 0.407 e. The molecule has 0 heterocycles. The molecule has 0 radical (unpaired) electrons. The van der Waals surface area contributed by atoms with Crippen LogP contribution in [0.15, 0.2) is 0 Å². The van der Waals surface area contributed by atoms with Gasteiger partial charge < -0.3 is 25.5 Å². The van der Waals surface area contributed by atoms with Gasteiger partial charge in [0.25, 0.3) is 0 Å². The molecule has 3 amide bonds. The Bertz CT molecular complexity index is 501. The molecular weight excluding hydrogens is 364 g/mol. The summed E-state index contributed by atoms with van der Waals surface area (Å²) >= 11 is 0. The Kier molecular flexibility index (Phi) is 11.9. The number of hydrogen-bond acceptors (Lipinski definition) is 5. The summed E-state index contributed by atoms with van der Waals surface area (Å²) in [5.41, 5.74) is 0. The van der Waals surface area contributed by atoms with Gasteiger partial charge in [-0.25, -0.2) is 13.6 Å². The monoisotopic (exact) mass is 393 g/mol. The van der Waals surface area contributed by atoms with Crippen LogP contribution in [-0.2, 0) is 19.1 Å². The van der Waals surface area contributed by atoms with Gasteiger partial charge in [0.05, 0.1) is 12.6 Å². The van der Waals surface area contributed by atoms with Crippen molar-refractivity contribution in [2.45, 2.75) is 59.0 Å². The van der Waals surface area contributed by atoms with Crippen LogP contribution in [0.4, 0.5) is 13.6 Å². The minimum atomic E-state index is -2.75. The largest absolute Gasteiger partial charge is 0.449 e. The van der Waals surface area contributed by atoms with Crippen LogP contribution in [0.1, 0.15) is 40.5 Å². The fourth-order valence-corrected chi connectivity index (χ4v) is 2.02. The first-order chi connectivity index (χ1) is 12.5. The first-order valence-electron chi connectivity index (χ1n) is 8.78. The predicted molar refractivity (Wildman–Crippen MR) is 94.2 cm³/mol. The van der Waals surface area contributed by atoms with Crippen molar-refractivity contribution in [3.8, 4) is 0 Å². The summed E-state index contributed by atoms with van der Waals surface area (Å²) in [6.45, 7) is 7.12. The summed E-state index contributed by atoms with van der Waals surface area (Å²) in [7, 11) is 0. The van der Waals surface area contributed by atoms with E-state index in [1.54, 1.807) is 0 Å². The molecule has 10 heteroatoms. The number of hydrogen-bond donors (Lipinski definition) is 3. The molecule has 0 saturated carbocycles. The Morgan fingerprint density at radius 1 is 1.00 bits per heavy atom. The second-order valence-electron chi connectivity index (χ2n) is 6.97. The van der Waals surface area contributed by atoms with Crippen molar-refractivity contribution in [3.05, 3.63) is 0 Å². The van der Waals surface area contributed by atoms with Gasteiger partial charge in [-0.1, -0.05) is 27.7 Å². The number of ether oxygens (including phenoxy) is 1. The summed E-state index contributed by atoms with van der Waals surface area (Å²) in [6, 6.07) is -2.36. The molecule has 0 aromatic rings. The minimum absolute atomic E-state index is 0.00907. The van der Waals surface area contributed by atoms with E-state index in [1.165, 1.54) is 0 Å². The topological polar surface area (TPSA) is 114 Å². The Balaban J connectivity index is 4.66. The molecule has 0 spiro atoms. The Hall–Kier alpha value is -2.26. The number of alkyl carbamates (subject to hydrolysis) is 1. The normalized spacial score (nSPS) is 13.2. The summed E-state index contributed by atoms with van der Waals surface area (Å²) in [5, 5.41) is 6.87. The second kappa shape index (κ2) is 13.0. The number of nitrogens with one attached hydrogen (secondary N) is 3. The maximum atomic E-state index is 12.4. The van der Waals surface area contributed by atoms with E-state index in [1.807, 2.05) is 27.7 Å². The van der Waals surface area contributed by atoms with Gasteiger partial charge in [0.15, 0.2) is 0 Å². The summed E-state index contributed by atoms with van der Waals surface area (Å²) in [5.74, 6) is -1.23. The second-order valence-corrected chi connectivity index (χ2v) is 6.97. The van der Waals surface area contributed by atoms with E-state index in [2.05, 4.69) is 16.0 Å². The quantitative estimate of drug-likeness (QED) is 0.432. The average Bonchev–Trinajstić information content (AvgIpc) is 2.55. The number of amides is 3. The van der Waals surface area contributed by atoms with Crippen molar-refractivity contribution < 1.29 is 32.7 Å². The lowest BCUT2D eigenvalue weighted by Gasteiger charge is -2.22. The highest BCUT2D eigenvalue weighted by Gasteiger charge is 2.25. The molecule has 0 bridgehead atoms. The van der Waals surface area contributed by atoms with E-state index < -0.39 is 49.4 Å². The molecule has 0 aliphatic rings. The summed E-state index contributed by atoms with van der Waals surface area (Å²) in [4.78, 5) is 46.5. The van der Waals surface area contributed by atoms with Gasteiger partial charge in [0.2, 0.25) is 18.2 Å². The molecule has 156 valence electrons. The third kappa shape index (κ3) is 12.7. The number of halogens is 2. The Labute approximate surface area is 157 Å². The highest BCUT2D eigenvalue weighted by molar-refractivity contribution is 5.90. The average molecular weight is 393 g/mol. The minimum Gasteiger partial charge on any atom is -0.449 e. The Morgan fingerprint density at radius 3 is 2.11 bits per heavy atom. The molecule has 27 heavy (non-hydrogen) atoms. The van der Waals surface area contributed by atoms with Crippen molar-refractivity contribution in [1.82, 2.24) is 16.0 Å². The number of carbonyl (C=O) groups excluding carboxylic acids is 4. The summed E-state index contributed by atoms with van der Waals surface area (Å²) in [6.07, 6.45) is -3.86. The molecule has 2 atom stereocenters. The third-order valence-electron chi connectivity index (χ3n) is 3.22. The molecular formula is C17H29F2N3O5. The zero-order valence-electron chi connectivity index (χ0n) is 16.1. The van der Waals surface area contributed by atoms with Crippen molar-refractivity contribution in [3.63, 3.8) is 0 Å². The first-order valence-corrected chi connectivity index (χ1v) is 8.78. The number of rotatable bonds is 12. The van der Waals surface area contributed by atoms with E-state index in [0.717, 1.165) is 0 Å². The van der Waals surface area contributed by atoms with Crippen LogP contribution in [0.3, 0.4) is 0 Å². The van der Waals surface area contributed by atoms with Gasteiger partial charge in [-0.15, -0.1) is 0 Å². The lowest BCUT2D eigenvalue weighted by atomic mass is 10.0. The van der Waals surface area contributed by atoms with E-state index in [-0.39, 0.29) is 31.1 Å². The molecule has 1 unspecified atom stereocenters. The lowest BCUT2D eigenvalue weighted by molar-refractivity contribution is -0.130. The van der Waals surface area contributed by atoms with Crippen LogP contribution in [0.25, 0.3) is 0 Å². The SMILES string of the molecule is CC(C)COC(=O)NCC(=O)N[C@@H](CC(C)C)C(=O)NC(C=O)CC(F)F. The van der Waals surface area contributed by atoms with E-state index in [9.17, 15) is 28.0 Å². The van der Waals surface area contributed by atoms with Crippen LogP contribution < -0.4 is 16.0 Å². The molecule has 3 N–H and O–H groups in total. The Morgan fingerprint density at radius 2 is 1.63 bits per heavy atom. The zero-order valence-corrected chi connectivity index (χ0v) is 16.1. The van der Waals surface area contributed by atoms with E-state index in [4.69, 9.17) is 4.74 Å². The zero-order chi connectivity index (χ0) is 21.0. The van der Waals surface area contributed by atoms with Crippen LogP contribution in [0.2, 0.25) is 0 Å². The van der Waals surface area contributed by atoms with Gasteiger partial charge in [-0.2, -0.15) is 0 Å². The van der Waals surface area contributed by atoms with Gasteiger partial charge in [0.1, 0.15) is 18.9 Å². The van der Waals surface area contributed by atoms with Crippen molar-refractivity contribution in [2.24, 2.45) is 11.8 Å². The molecule has 0 aliphatic heterocycles. The van der Waals surface area contributed by atoms with Crippen LogP contribution >= 0.6 is 0 Å². The van der Waals surface area contributed by atoms with Crippen molar-refractivity contribution >= 4 is 24.2 Å². The lowest BCUT2D eigenvalue weighted by Crippen LogP contribution is -2.52. The van der Waals surface area contributed by atoms with Gasteiger partial charge in [0, 0.05) is 6.42 Å². The number of carbonyl (C=O) groups is 4. The van der Waals surface area contributed by atoms with Crippen LogP contribution in [0, 0.1) is 11.8 Å².